The van der Waals surface area contributed by atoms with Crippen molar-refractivity contribution < 1.29 is 9.47 Å². The fourth-order valence-corrected chi connectivity index (χ4v) is 2.90. The lowest BCUT2D eigenvalue weighted by Gasteiger charge is -2.34. The van der Waals surface area contributed by atoms with Crippen molar-refractivity contribution in [2.45, 2.75) is 6.92 Å². The van der Waals surface area contributed by atoms with Crippen LogP contribution in [0.5, 0.6) is 11.5 Å². The average molecular weight is 339 g/mol. The van der Waals surface area contributed by atoms with E-state index in [4.69, 9.17) is 9.47 Å². The van der Waals surface area contributed by atoms with Crippen LogP contribution in [-0.4, -0.2) is 51.1 Å². The fourth-order valence-electron chi connectivity index (χ4n) is 2.90. The third-order valence-electron chi connectivity index (χ3n) is 4.24. The van der Waals surface area contributed by atoms with Crippen LogP contribution in [0.1, 0.15) is 12.5 Å². The van der Waals surface area contributed by atoms with Crippen molar-refractivity contribution >= 4 is 11.9 Å². The van der Waals surface area contributed by atoms with Gasteiger partial charge in [0.1, 0.15) is 0 Å². The number of anilines is 1. The summed E-state index contributed by atoms with van der Waals surface area (Å²) in [6, 6.07) is 16.4. The predicted molar refractivity (Wildman–Crippen MR) is 102 cm³/mol. The molecule has 1 aliphatic rings. The summed E-state index contributed by atoms with van der Waals surface area (Å²) in [5.41, 5.74) is 2.29. The first-order valence-corrected chi connectivity index (χ1v) is 8.70. The molecule has 0 bridgehead atoms. The Balaban J connectivity index is 1.58. The van der Waals surface area contributed by atoms with Gasteiger partial charge in [0, 0.05) is 18.8 Å². The Morgan fingerprint density at radius 3 is 2.44 bits per heavy atom. The van der Waals surface area contributed by atoms with Crippen molar-refractivity contribution in [1.29, 1.82) is 0 Å². The molecule has 3 rings (SSSR count). The molecule has 2 aromatic rings. The summed E-state index contributed by atoms with van der Waals surface area (Å²) in [5.74, 6) is 1.50. The van der Waals surface area contributed by atoms with Crippen LogP contribution in [0, 0.1) is 0 Å². The van der Waals surface area contributed by atoms with E-state index in [0.717, 1.165) is 43.2 Å². The maximum Gasteiger partial charge on any atom is 0.161 e. The van der Waals surface area contributed by atoms with Gasteiger partial charge in [-0.15, -0.1) is 0 Å². The monoisotopic (exact) mass is 339 g/mol. The molecule has 0 amide bonds. The molecule has 0 aromatic heterocycles. The summed E-state index contributed by atoms with van der Waals surface area (Å²) in [4.78, 5) is 2.39. The van der Waals surface area contributed by atoms with Crippen LogP contribution in [-0.2, 0) is 0 Å². The molecule has 5 nitrogen and oxygen atoms in total. The minimum absolute atomic E-state index is 0.621. The number of nitrogens with zero attached hydrogens (tertiary/aromatic N) is 3. The highest BCUT2D eigenvalue weighted by molar-refractivity contribution is 5.80. The molecule has 2 aromatic carbocycles. The molecule has 1 aliphatic heterocycles. The van der Waals surface area contributed by atoms with Crippen molar-refractivity contribution in [3.05, 3.63) is 54.1 Å². The van der Waals surface area contributed by atoms with Crippen LogP contribution in [0.3, 0.4) is 0 Å². The second-order valence-corrected chi connectivity index (χ2v) is 5.86. The van der Waals surface area contributed by atoms with Gasteiger partial charge in [-0.1, -0.05) is 18.2 Å². The normalized spacial score (nSPS) is 14.8. The molecular weight excluding hydrogens is 314 g/mol. The van der Waals surface area contributed by atoms with Gasteiger partial charge < -0.3 is 14.4 Å². The van der Waals surface area contributed by atoms with E-state index < -0.39 is 0 Å². The Hall–Kier alpha value is -2.69. The molecule has 0 unspecified atom stereocenters. The van der Waals surface area contributed by atoms with Gasteiger partial charge in [-0.3, -0.25) is 5.01 Å². The Labute approximate surface area is 149 Å². The first kappa shape index (κ1) is 17.1. The van der Waals surface area contributed by atoms with Gasteiger partial charge in [0.2, 0.25) is 0 Å². The second-order valence-electron chi connectivity index (χ2n) is 5.86. The number of hydrazone groups is 1. The zero-order chi connectivity index (χ0) is 17.5. The largest absolute Gasteiger partial charge is 0.493 e. The van der Waals surface area contributed by atoms with Crippen LogP contribution < -0.4 is 14.4 Å². The van der Waals surface area contributed by atoms with Crippen molar-refractivity contribution in [3.63, 3.8) is 0 Å². The average Bonchev–Trinajstić information content (AvgIpc) is 2.68. The number of para-hydroxylation sites is 1. The molecule has 0 saturated carbocycles. The molecule has 0 N–H and O–H groups in total. The summed E-state index contributed by atoms with van der Waals surface area (Å²) in [7, 11) is 1.65. The van der Waals surface area contributed by atoms with Gasteiger partial charge in [-0.05, 0) is 42.8 Å². The highest BCUT2D eigenvalue weighted by Crippen LogP contribution is 2.27. The molecule has 1 heterocycles. The van der Waals surface area contributed by atoms with E-state index in [2.05, 4.69) is 45.3 Å². The molecule has 25 heavy (non-hydrogen) atoms. The minimum atomic E-state index is 0.621. The van der Waals surface area contributed by atoms with Gasteiger partial charge in [0.15, 0.2) is 11.5 Å². The molecule has 1 fully saturated rings. The van der Waals surface area contributed by atoms with Crippen LogP contribution in [0.25, 0.3) is 0 Å². The molecule has 0 radical (unpaired) electrons. The Morgan fingerprint density at radius 2 is 1.76 bits per heavy atom. The van der Waals surface area contributed by atoms with E-state index in [1.54, 1.807) is 7.11 Å². The van der Waals surface area contributed by atoms with Crippen LogP contribution in [0.2, 0.25) is 0 Å². The lowest BCUT2D eigenvalue weighted by molar-refractivity contribution is 0.272. The Bertz CT molecular complexity index is 695. The molecule has 132 valence electrons. The smallest absolute Gasteiger partial charge is 0.161 e. The van der Waals surface area contributed by atoms with Gasteiger partial charge in [-0.25, -0.2) is 0 Å². The SMILES string of the molecule is CCOc1ccc(C=NN2CCN(c3ccccc3)CC2)cc1OC. The maximum absolute atomic E-state index is 5.55. The number of benzene rings is 2. The van der Waals surface area contributed by atoms with Gasteiger partial charge in [0.05, 0.1) is 33.0 Å². The highest BCUT2D eigenvalue weighted by atomic mass is 16.5. The van der Waals surface area contributed by atoms with Gasteiger partial charge in [0.25, 0.3) is 0 Å². The Kier molecular flexibility index (Phi) is 5.77. The van der Waals surface area contributed by atoms with Crippen molar-refractivity contribution in [3.8, 4) is 11.5 Å². The maximum atomic E-state index is 5.55. The van der Waals surface area contributed by atoms with Crippen LogP contribution in [0.15, 0.2) is 53.6 Å². The van der Waals surface area contributed by atoms with Gasteiger partial charge in [-0.2, -0.15) is 5.10 Å². The summed E-state index contributed by atoms with van der Waals surface area (Å²) in [6.45, 7) is 6.38. The second kappa shape index (κ2) is 8.42. The lowest BCUT2D eigenvalue weighted by atomic mass is 10.2. The minimum Gasteiger partial charge on any atom is -0.493 e. The molecule has 0 spiro atoms. The quantitative estimate of drug-likeness (QED) is 0.757. The molecule has 1 saturated heterocycles. The first-order chi connectivity index (χ1) is 12.3. The fraction of sp³-hybridized carbons (Fsp3) is 0.350. The third kappa shape index (κ3) is 4.44. The number of ether oxygens (including phenoxy) is 2. The summed E-state index contributed by atoms with van der Waals surface area (Å²) >= 11 is 0. The topological polar surface area (TPSA) is 37.3 Å². The van der Waals surface area contributed by atoms with Crippen LogP contribution in [0.4, 0.5) is 5.69 Å². The molecule has 5 heteroatoms. The van der Waals surface area contributed by atoms with Crippen molar-refractivity contribution in [1.82, 2.24) is 5.01 Å². The molecular formula is C20H25N3O2. The molecule has 0 atom stereocenters. The van der Waals surface area contributed by atoms with E-state index in [9.17, 15) is 0 Å². The van der Waals surface area contributed by atoms with Crippen LogP contribution >= 0.6 is 0 Å². The standard InChI is InChI=1S/C20H25N3O2/c1-3-25-19-10-9-17(15-20(19)24-2)16-21-23-13-11-22(12-14-23)18-7-5-4-6-8-18/h4-10,15-16H,3,11-14H2,1-2H3. The Morgan fingerprint density at radius 1 is 1.00 bits per heavy atom. The summed E-state index contributed by atoms with van der Waals surface area (Å²) in [6.07, 6.45) is 1.89. The zero-order valence-corrected chi connectivity index (χ0v) is 14.9. The molecule has 0 aliphatic carbocycles. The third-order valence-corrected chi connectivity index (χ3v) is 4.24. The number of rotatable bonds is 6. The van der Waals surface area contributed by atoms with Gasteiger partial charge >= 0.3 is 0 Å². The van der Waals surface area contributed by atoms with Crippen molar-refractivity contribution in [2.75, 3.05) is 44.8 Å². The lowest BCUT2D eigenvalue weighted by Crippen LogP contribution is -2.44. The predicted octanol–water partition coefficient (Wildman–Crippen LogP) is 3.25. The van der Waals surface area contributed by atoms with Crippen molar-refractivity contribution in [2.24, 2.45) is 5.10 Å². The van der Waals surface area contributed by atoms with E-state index in [1.165, 1.54) is 5.69 Å². The summed E-state index contributed by atoms with van der Waals surface area (Å²) < 4.78 is 10.9. The number of hydrogen-bond donors (Lipinski definition) is 0. The number of piperazine rings is 1. The zero-order valence-electron chi connectivity index (χ0n) is 14.9. The highest BCUT2D eigenvalue weighted by Gasteiger charge is 2.15. The first-order valence-electron chi connectivity index (χ1n) is 8.70. The van der Waals surface area contributed by atoms with E-state index in [0.29, 0.717) is 6.61 Å². The number of methoxy groups -OCH3 is 1. The van der Waals surface area contributed by atoms with E-state index >= 15 is 0 Å². The number of hydrogen-bond acceptors (Lipinski definition) is 5. The summed E-state index contributed by atoms with van der Waals surface area (Å²) in [5, 5.41) is 6.73. The van der Waals surface area contributed by atoms with E-state index in [-0.39, 0.29) is 0 Å². The van der Waals surface area contributed by atoms with E-state index in [1.807, 2.05) is 31.3 Å².